The van der Waals surface area contributed by atoms with Gasteiger partial charge in [0.05, 0.1) is 0 Å². The van der Waals surface area contributed by atoms with Crippen LogP contribution >= 0.6 is 0 Å². The molecule has 0 amide bonds. The summed E-state index contributed by atoms with van der Waals surface area (Å²) in [4.78, 5) is 0. The Morgan fingerprint density at radius 3 is 1.24 bits per heavy atom. The van der Waals surface area contributed by atoms with Gasteiger partial charge in [-0.1, -0.05) is 0 Å². The zero-order chi connectivity index (χ0) is 46.2. The van der Waals surface area contributed by atoms with Crippen molar-refractivity contribution in [1.82, 2.24) is 0 Å². The van der Waals surface area contributed by atoms with Crippen LogP contribution in [0, 0.1) is 52.9 Å². The van der Waals surface area contributed by atoms with Gasteiger partial charge in [-0.25, -0.2) is 0 Å². The van der Waals surface area contributed by atoms with Crippen LogP contribution in [-0.2, 0) is 33.6 Å². The van der Waals surface area contributed by atoms with Crippen molar-refractivity contribution in [2.45, 2.75) is 91.6 Å². The van der Waals surface area contributed by atoms with Crippen molar-refractivity contribution in [3.05, 3.63) is 197 Å². The van der Waals surface area contributed by atoms with Crippen LogP contribution in [0.4, 0.5) is 26.3 Å². The molecule has 0 radical (unpaired) electrons. The number of hydrogen-bond acceptors (Lipinski definition) is 0. The van der Waals surface area contributed by atoms with Crippen LogP contribution in [0.25, 0.3) is 33.4 Å². The summed E-state index contributed by atoms with van der Waals surface area (Å²) in [6.45, 7) is 21.5. The van der Waals surface area contributed by atoms with Crippen molar-refractivity contribution in [2.24, 2.45) is 11.3 Å². The fourth-order valence-electron chi connectivity index (χ4n) is 10.4. The number of halogens is 8. The van der Waals surface area contributed by atoms with Gasteiger partial charge in [0.1, 0.15) is 0 Å². The number of hydrogen-bond donors (Lipinski definition) is 0. The molecule has 0 aromatic heterocycles. The van der Waals surface area contributed by atoms with Crippen LogP contribution in [0.1, 0.15) is 105 Å². The van der Waals surface area contributed by atoms with E-state index in [-0.39, 0.29) is 39.8 Å². The van der Waals surface area contributed by atoms with Crippen LogP contribution in [0.5, 0.6) is 0 Å². The summed E-state index contributed by atoms with van der Waals surface area (Å²) in [6, 6.07) is 33.1. The second kappa shape index (κ2) is 19.0. The van der Waals surface area contributed by atoms with Crippen LogP contribution in [0.2, 0.25) is 0 Å². The van der Waals surface area contributed by atoms with E-state index >= 15 is 0 Å². The molecule has 6 aromatic carbocycles. The predicted octanol–water partition coefficient (Wildman–Crippen LogP) is 10.8. The number of fused-ring (bicyclic) bond motifs is 3. The molecular weight excluding hydrogens is 961 g/mol. The molecule has 2 aliphatic rings. The first-order valence-corrected chi connectivity index (χ1v) is 25.9. The number of allylic oxidation sites excluding steroid dienone is 4. The number of alkyl halides is 6. The van der Waals surface area contributed by atoms with E-state index in [0.717, 1.165) is 78.4 Å². The van der Waals surface area contributed by atoms with Crippen molar-refractivity contribution in [3.8, 4) is 33.4 Å². The summed E-state index contributed by atoms with van der Waals surface area (Å²) in [5.74, 6) is 0.0459. The zero-order valence-electron chi connectivity index (χ0n) is 38.9. The summed E-state index contributed by atoms with van der Waals surface area (Å²) in [5, 5.41) is 0. The van der Waals surface area contributed by atoms with Gasteiger partial charge in [0.2, 0.25) is 0 Å². The van der Waals surface area contributed by atoms with E-state index in [1.807, 2.05) is 0 Å². The van der Waals surface area contributed by atoms with Crippen LogP contribution < -0.4 is 24.8 Å². The molecular formula is C57H54Cl2F6Zr. The van der Waals surface area contributed by atoms with Gasteiger partial charge in [0.15, 0.2) is 0 Å². The van der Waals surface area contributed by atoms with Gasteiger partial charge < -0.3 is 24.8 Å². The summed E-state index contributed by atoms with van der Waals surface area (Å²) in [5.41, 5.74) is 16.8. The number of benzene rings is 6. The second-order valence-corrected chi connectivity index (χ2v) is 25.1. The summed E-state index contributed by atoms with van der Waals surface area (Å²) in [6.07, 6.45) is -3.58. The first-order valence-electron chi connectivity index (χ1n) is 22.0. The Hall–Kier alpha value is -4.29. The van der Waals surface area contributed by atoms with E-state index in [1.54, 1.807) is 24.3 Å². The zero-order valence-corrected chi connectivity index (χ0v) is 42.9. The molecule has 0 fully saturated rings. The third-order valence-corrected chi connectivity index (χ3v) is 21.7. The molecule has 2 aliphatic carbocycles. The van der Waals surface area contributed by atoms with E-state index < -0.39 is 44.7 Å². The minimum Gasteiger partial charge on any atom is -1.00 e. The molecule has 66 heavy (non-hydrogen) atoms. The molecule has 1 unspecified atom stereocenters. The van der Waals surface area contributed by atoms with Gasteiger partial charge in [-0.15, -0.1) is 0 Å². The molecule has 0 bridgehead atoms. The molecule has 0 nitrogen and oxygen atoms in total. The van der Waals surface area contributed by atoms with Crippen molar-refractivity contribution in [3.63, 3.8) is 0 Å². The maximum absolute atomic E-state index is 14.2. The summed E-state index contributed by atoms with van der Waals surface area (Å²) < 4.78 is 87.4. The Balaban J connectivity index is 0.00000360. The van der Waals surface area contributed by atoms with E-state index in [1.165, 1.54) is 42.2 Å². The fourth-order valence-corrected chi connectivity index (χ4v) is 20.2. The quantitative estimate of drug-likeness (QED) is 0.140. The Morgan fingerprint density at radius 2 is 0.909 bits per heavy atom. The molecule has 342 valence electrons. The van der Waals surface area contributed by atoms with Gasteiger partial charge in [-0.3, -0.25) is 0 Å². The Morgan fingerprint density at radius 1 is 0.530 bits per heavy atom. The largest absolute Gasteiger partial charge is 1.00 e. The van der Waals surface area contributed by atoms with Crippen molar-refractivity contribution < 1.29 is 72.4 Å². The minimum absolute atomic E-state index is 0. The van der Waals surface area contributed by atoms with Crippen molar-refractivity contribution in [1.29, 1.82) is 0 Å². The van der Waals surface area contributed by atoms with Gasteiger partial charge in [-0.05, 0) is 0 Å². The number of rotatable bonds is 7. The van der Waals surface area contributed by atoms with Crippen LogP contribution in [0.3, 0.4) is 0 Å². The molecule has 1 atom stereocenters. The standard InChI is InChI=1S/C31H29.C15H8F6.C11H17.2ClH.Zr/c1-18-11-20(3)30(21(4)12-18)24-7-9-28-26(15-24)17-27-16-25(8-10-29(27)28)31-22(5)13-19(2)14-23(31)6;16-14(17,18)12-5-1-10(2-6-12)9-11-3-7-13(8-4-11)15(19,20)21;1-5-9-6-7-10(8-9)11(2,3)4;;;/h7-17H,1-6H3;1-8H;7-9H,5H2,1-4H3;2*1H;/q;;;;;+2/p-2. The smallest absolute Gasteiger partial charge is 1.00 e. The van der Waals surface area contributed by atoms with Gasteiger partial charge >= 0.3 is 384 Å². The molecule has 0 heterocycles. The Labute approximate surface area is 406 Å². The first kappa shape index (κ1) is 51.1. The van der Waals surface area contributed by atoms with Crippen LogP contribution in [0.15, 0.2) is 130 Å². The van der Waals surface area contributed by atoms with E-state index in [2.05, 4.69) is 142 Å². The minimum atomic E-state index is -4.56. The molecule has 0 saturated carbocycles. The van der Waals surface area contributed by atoms with Gasteiger partial charge in [0, 0.05) is 0 Å². The van der Waals surface area contributed by atoms with E-state index in [4.69, 9.17) is 0 Å². The third kappa shape index (κ3) is 9.69. The monoisotopic (exact) mass is 1010 g/mol. The Kier molecular flexibility index (Phi) is 14.7. The average molecular weight is 1020 g/mol. The molecule has 0 aliphatic heterocycles. The SMILES string of the molecule is CCC1C=C(C(C)(C)C)C=[C]1[Zr+2](=[C](c1ccc(C(F)(F)F)cc1)c1ccc(C(F)(F)F)cc1)[CH]1c2cc(-c3c(C)cc(C)cc3C)ccc2-c2ccc(-c3c(C)cc(C)cc3C)cc21.[Cl-].[Cl-]. The molecule has 0 spiro atoms. The van der Waals surface area contributed by atoms with Crippen molar-refractivity contribution >= 4 is 3.21 Å². The predicted molar refractivity (Wildman–Crippen MR) is 249 cm³/mol. The van der Waals surface area contributed by atoms with Crippen LogP contribution in [-0.4, -0.2) is 3.21 Å². The molecule has 9 heteroatoms. The summed E-state index contributed by atoms with van der Waals surface area (Å²) >= 11 is -3.77. The maximum Gasteiger partial charge on any atom is -1.00 e. The van der Waals surface area contributed by atoms with Gasteiger partial charge in [-0.2, -0.15) is 0 Å². The molecule has 0 N–H and O–H groups in total. The molecule has 0 saturated heterocycles. The topological polar surface area (TPSA) is 0 Å². The Bertz CT molecular complexity index is 2710. The molecule has 8 rings (SSSR count). The van der Waals surface area contributed by atoms with Gasteiger partial charge in [0.25, 0.3) is 0 Å². The van der Waals surface area contributed by atoms with E-state index in [0.29, 0.717) is 11.1 Å². The maximum atomic E-state index is 14.2. The number of aryl methyl sites for hydroxylation is 6. The van der Waals surface area contributed by atoms with Crippen molar-refractivity contribution in [2.75, 3.05) is 0 Å². The fraction of sp³-hybridized carbons (Fsp3) is 0.281. The first-order chi connectivity index (χ1) is 30.0. The molecule has 6 aromatic rings. The summed E-state index contributed by atoms with van der Waals surface area (Å²) in [7, 11) is 0. The third-order valence-electron chi connectivity index (χ3n) is 13.2. The second-order valence-electron chi connectivity index (χ2n) is 19.0. The van der Waals surface area contributed by atoms with E-state index in [9.17, 15) is 26.3 Å². The normalized spacial score (nSPS) is 14.6. The average Bonchev–Trinajstić information content (AvgIpc) is 3.78.